The van der Waals surface area contributed by atoms with Crippen molar-refractivity contribution in [2.75, 3.05) is 18.4 Å². The number of para-hydroxylation sites is 1. The van der Waals surface area contributed by atoms with E-state index in [9.17, 15) is 4.79 Å². The monoisotopic (exact) mass is 414 g/mol. The summed E-state index contributed by atoms with van der Waals surface area (Å²) in [5.41, 5.74) is 3.78. The first-order valence-electron chi connectivity index (χ1n) is 11.0. The number of nitrogens with zero attached hydrogens (tertiary/aromatic N) is 3. The molecule has 1 N–H and O–H groups in total. The molecular formula is C25H26N4O2. The summed E-state index contributed by atoms with van der Waals surface area (Å²) in [5, 5.41) is 2.96. The second-order valence-corrected chi connectivity index (χ2v) is 8.21. The van der Waals surface area contributed by atoms with Crippen LogP contribution in [-0.2, 0) is 12.8 Å². The van der Waals surface area contributed by atoms with Crippen molar-refractivity contribution in [1.82, 2.24) is 14.9 Å². The lowest BCUT2D eigenvalue weighted by atomic mass is 9.91. The lowest BCUT2D eigenvalue weighted by Crippen LogP contribution is -2.41. The average molecular weight is 415 g/mol. The second-order valence-electron chi connectivity index (χ2n) is 8.21. The van der Waals surface area contributed by atoms with Gasteiger partial charge in [-0.1, -0.05) is 30.7 Å². The van der Waals surface area contributed by atoms with Gasteiger partial charge in [-0.05, 0) is 61.1 Å². The molecule has 0 radical (unpaired) electrons. The molecule has 0 atom stereocenters. The van der Waals surface area contributed by atoms with Crippen LogP contribution in [-0.4, -0.2) is 39.9 Å². The molecule has 5 rings (SSSR count). The zero-order valence-corrected chi connectivity index (χ0v) is 17.5. The molecule has 3 aromatic rings. The number of aromatic nitrogens is 2. The molecule has 1 fully saturated rings. The lowest BCUT2D eigenvalue weighted by molar-refractivity contribution is 0.102. The number of fused-ring (bicyclic) bond motifs is 1. The molecular weight excluding hydrogens is 388 g/mol. The highest BCUT2D eigenvalue weighted by Gasteiger charge is 2.26. The van der Waals surface area contributed by atoms with Gasteiger partial charge in [-0.25, -0.2) is 9.97 Å². The number of carbonyl (C=O) groups is 1. The molecule has 0 spiro atoms. The van der Waals surface area contributed by atoms with Crippen molar-refractivity contribution in [1.29, 1.82) is 0 Å². The first-order chi connectivity index (χ1) is 15.2. The van der Waals surface area contributed by atoms with Crippen molar-refractivity contribution in [2.45, 2.75) is 38.1 Å². The van der Waals surface area contributed by atoms with Crippen molar-refractivity contribution in [3.05, 3.63) is 77.7 Å². The van der Waals surface area contributed by atoms with Gasteiger partial charge in [0.25, 0.3) is 5.91 Å². The van der Waals surface area contributed by atoms with Crippen LogP contribution in [0.5, 0.6) is 11.6 Å². The van der Waals surface area contributed by atoms with Crippen molar-refractivity contribution in [2.24, 2.45) is 0 Å². The summed E-state index contributed by atoms with van der Waals surface area (Å²) in [6.45, 7) is 2.24. The van der Waals surface area contributed by atoms with Crippen LogP contribution in [0, 0.1) is 0 Å². The van der Waals surface area contributed by atoms with E-state index in [-0.39, 0.29) is 11.6 Å². The first-order valence-corrected chi connectivity index (χ1v) is 11.0. The van der Waals surface area contributed by atoms with Crippen molar-refractivity contribution in [3.63, 3.8) is 0 Å². The van der Waals surface area contributed by atoms with E-state index in [1.165, 1.54) is 42.8 Å². The predicted octanol–water partition coefficient (Wildman–Crippen LogP) is 4.47. The van der Waals surface area contributed by atoms with E-state index in [0.717, 1.165) is 37.7 Å². The van der Waals surface area contributed by atoms with E-state index in [2.05, 4.69) is 32.3 Å². The number of amides is 1. The highest BCUT2D eigenvalue weighted by atomic mass is 16.5. The maximum Gasteiger partial charge on any atom is 0.275 e. The van der Waals surface area contributed by atoms with Crippen LogP contribution in [0.15, 0.2) is 60.9 Å². The second kappa shape index (κ2) is 8.86. The Morgan fingerprint density at radius 3 is 2.48 bits per heavy atom. The number of carbonyl (C=O) groups excluding carboxylic acids is 1. The summed E-state index contributed by atoms with van der Waals surface area (Å²) in [7, 11) is 0. The molecule has 2 aromatic carbocycles. The molecule has 158 valence electrons. The summed E-state index contributed by atoms with van der Waals surface area (Å²) in [6.07, 6.45) is 9.06. The summed E-state index contributed by atoms with van der Waals surface area (Å²) in [5.74, 6) is 0.752. The molecule has 0 bridgehead atoms. The van der Waals surface area contributed by atoms with Gasteiger partial charge in [0.2, 0.25) is 5.88 Å². The minimum Gasteiger partial charge on any atom is -0.438 e. The van der Waals surface area contributed by atoms with Gasteiger partial charge in [-0.3, -0.25) is 9.69 Å². The van der Waals surface area contributed by atoms with E-state index < -0.39 is 0 Å². The quantitative estimate of drug-likeness (QED) is 0.667. The largest absolute Gasteiger partial charge is 0.438 e. The Labute approximate surface area is 182 Å². The molecule has 0 unspecified atom stereocenters. The summed E-state index contributed by atoms with van der Waals surface area (Å²) in [4.78, 5) is 23.7. The zero-order valence-electron chi connectivity index (χ0n) is 17.5. The van der Waals surface area contributed by atoms with Gasteiger partial charge in [0.05, 0.1) is 12.4 Å². The summed E-state index contributed by atoms with van der Waals surface area (Å²) < 4.78 is 5.63. The normalized spacial score (nSPS) is 16.6. The number of hydrogen-bond acceptors (Lipinski definition) is 5. The summed E-state index contributed by atoms with van der Waals surface area (Å²) >= 11 is 0. The smallest absolute Gasteiger partial charge is 0.275 e. The minimum absolute atomic E-state index is 0.256. The van der Waals surface area contributed by atoms with Crippen molar-refractivity contribution in [3.8, 4) is 11.6 Å². The average Bonchev–Trinajstić information content (AvgIpc) is 2.96. The Morgan fingerprint density at radius 1 is 0.968 bits per heavy atom. The SMILES string of the molecule is O=C(Nc1ccc2c(c1)CCN(C1CCC1)CC2)c1cnc(Oc2ccccc2)cn1. The van der Waals surface area contributed by atoms with Gasteiger partial charge < -0.3 is 10.1 Å². The molecule has 1 aliphatic heterocycles. The third kappa shape index (κ3) is 4.59. The molecule has 6 nitrogen and oxygen atoms in total. The van der Waals surface area contributed by atoms with Gasteiger partial charge in [0.1, 0.15) is 11.4 Å². The third-order valence-electron chi connectivity index (χ3n) is 6.22. The Balaban J connectivity index is 1.22. The van der Waals surface area contributed by atoms with Crippen LogP contribution in [0.2, 0.25) is 0 Å². The topological polar surface area (TPSA) is 67.4 Å². The summed E-state index contributed by atoms with van der Waals surface area (Å²) in [6, 6.07) is 16.4. The van der Waals surface area contributed by atoms with Crippen LogP contribution < -0.4 is 10.1 Å². The molecule has 1 amide bonds. The maximum absolute atomic E-state index is 12.6. The standard InChI is InChI=1S/C25H26N4O2/c30-25(23-16-27-24(17-26-23)31-22-7-2-1-3-8-22)28-20-10-9-18-11-13-29(21-5-4-6-21)14-12-19(18)15-20/h1-3,7-10,15-17,21H,4-6,11-14H2,(H,28,30). The molecule has 1 aliphatic carbocycles. The van der Waals surface area contributed by atoms with E-state index in [1.54, 1.807) is 0 Å². The van der Waals surface area contributed by atoms with E-state index in [1.807, 2.05) is 36.4 Å². The van der Waals surface area contributed by atoms with Crippen LogP contribution in [0.1, 0.15) is 40.9 Å². The Bertz CT molecular complexity index is 1050. The van der Waals surface area contributed by atoms with Crippen LogP contribution in [0.25, 0.3) is 0 Å². The van der Waals surface area contributed by atoms with Gasteiger partial charge in [-0.15, -0.1) is 0 Å². The van der Waals surface area contributed by atoms with Crippen LogP contribution in [0.3, 0.4) is 0 Å². The first kappa shape index (κ1) is 19.7. The number of hydrogen-bond donors (Lipinski definition) is 1. The fourth-order valence-corrected chi connectivity index (χ4v) is 4.23. The Hall–Kier alpha value is -3.25. The fraction of sp³-hybridized carbons (Fsp3) is 0.320. The van der Waals surface area contributed by atoms with E-state index >= 15 is 0 Å². The number of rotatable bonds is 5. The van der Waals surface area contributed by atoms with E-state index in [4.69, 9.17) is 4.74 Å². The van der Waals surface area contributed by atoms with Crippen molar-refractivity contribution >= 4 is 11.6 Å². The van der Waals surface area contributed by atoms with Gasteiger partial charge in [0.15, 0.2) is 0 Å². The molecule has 0 saturated heterocycles. The highest BCUT2D eigenvalue weighted by molar-refractivity contribution is 6.02. The van der Waals surface area contributed by atoms with Crippen molar-refractivity contribution < 1.29 is 9.53 Å². The maximum atomic E-state index is 12.6. The lowest BCUT2D eigenvalue weighted by Gasteiger charge is -2.36. The van der Waals surface area contributed by atoms with Crippen LogP contribution in [0.4, 0.5) is 5.69 Å². The Kier molecular flexibility index (Phi) is 5.63. The number of benzene rings is 2. The highest BCUT2D eigenvalue weighted by Crippen LogP contribution is 2.28. The molecule has 1 aromatic heterocycles. The number of ether oxygens (including phenoxy) is 1. The molecule has 31 heavy (non-hydrogen) atoms. The fourth-order valence-electron chi connectivity index (χ4n) is 4.23. The zero-order chi connectivity index (χ0) is 21.0. The molecule has 1 saturated carbocycles. The van der Waals surface area contributed by atoms with E-state index in [0.29, 0.717) is 11.6 Å². The minimum atomic E-state index is -0.275. The predicted molar refractivity (Wildman–Crippen MR) is 120 cm³/mol. The van der Waals surface area contributed by atoms with Gasteiger partial charge >= 0.3 is 0 Å². The van der Waals surface area contributed by atoms with Crippen LogP contribution >= 0.6 is 0 Å². The van der Waals surface area contributed by atoms with Gasteiger partial charge in [-0.2, -0.15) is 0 Å². The molecule has 2 aliphatic rings. The number of nitrogens with one attached hydrogen (secondary N) is 1. The molecule has 2 heterocycles. The van der Waals surface area contributed by atoms with Gasteiger partial charge in [0, 0.05) is 24.8 Å². The number of anilines is 1. The third-order valence-corrected chi connectivity index (χ3v) is 6.22. The molecule has 6 heteroatoms. The Morgan fingerprint density at radius 2 is 1.77 bits per heavy atom.